The molecule has 2 N–H and O–H groups in total. The number of benzene rings is 1. The maximum absolute atomic E-state index is 5.68. The molecule has 148 valence electrons. The van der Waals surface area contributed by atoms with E-state index in [-0.39, 0.29) is 24.0 Å². The smallest absolute Gasteiger partial charge is 0.191 e. The highest BCUT2D eigenvalue weighted by molar-refractivity contribution is 14.0. The summed E-state index contributed by atoms with van der Waals surface area (Å²) in [6.07, 6.45) is 3.52. The van der Waals surface area contributed by atoms with E-state index in [0.29, 0.717) is 19.3 Å². The molecule has 0 spiro atoms. The number of halogens is 1. The summed E-state index contributed by atoms with van der Waals surface area (Å²) in [6, 6.07) is 7.95. The topological polar surface area (TPSA) is 64.1 Å². The van der Waals surface area contributed by atoms with Gasteiger partial charge in [0.2, 0.25) is 0 Å². The van der Waals surface area contributed by atoms with Crippen molar-refractivity contribution in [3.05, 3.63) is 29.8 Å². The summed E-state index contributed by atoms with van der Waals surface area (Å²) in [6.45, 7) is 6.61. The molecule has 1 aliphatic rings. The van der Waals surface area contributed by atoms with Gasteiger partial charge in [-0.1, -0.05) is 18.2 Å². The second-order valence-electron chi connectivity index (χ2n) is 6.00. The number of nitrogens with zero attached hydrogens (tertiary/aromatic N) is 1. The molecule has 26 heavy (non-hydrogen) atoms. The Morgan fingerprint density at radius 2 is 2.15 bits per heavy atom. The molecule has 6 nitrogen and oxygen atoms in total. The maximum atomic E-state index is 5.68. The van der Waals surface area contributed by atoms with E-state index >= 15 is 0 Å². The molecular weight excluding hydrogens is 445 g/mol. The van der Waals surface area contributed by atoms with Crippen molar-refractivity contribution in [3.63, 3.8) is 0 Å². The third kappa shape index (κ3) is 8.55. The van der Waals surface area contributed by atoms with Crippen molar-refractivity contribution in [1.29, 1.82) is 0 Å². The maximum Gasteiger partial charge on any atom is 0.191 e. The lowest BCUT2D eigenvalue weighted by atomic mass is 10.2. The van der Waals surface area contributed by atoms with Crippen LogP contribution in [0.2, 0.25) is 0 Å². The zero-order valence-electron chi connectivity index (χ0n) is 15.8. The van der Waals surface area contributed by atoms with E-state index in [1.165, 1.54) is 0 Å². The second kappa shape index (κ2) is 14.1. The predicted octanol–water partition coefficient (Wildman–Crippen LogP) is 2.95. The van der Waals surface area contributed by atoms with Gasteiger partial charge in [-0.05, 0) is 32.3 Å². The number of hydrogen-bond donors (Lipinski definition) is 2. The van der Waals surface area contributed by atoms with E-state index in [9.17, 15) is 0 Å². The molecule has 1 unspecified atom stereocenters. The summed E-state index contributed by atoms with van der Waals surface area (Å²) in [5.74, 6) is 1.68. The molecule has 1 aromatic carbocycles. The molecule has 2 rings (SSSR count). The Bertz CT molecular complexity index is 523. The lowest BCUT2D eigenvalue weighted by molar-refractivity contribution is 0.0168. The Balaban J connectivity index is 0.00000338. The molecule has 0 saturated carbocycles. The van der Waals surface area contributed by atoms with Gasteiger partial charge in [0.05, 0.1) is 26.4 Å². The Kier molecular flexibility index (Phi) is 12.4. The average molecular weight is 477 g/mol. The molecule has 0 amide bonds. The standard InChI is InChI=1S/C19H31N3O3.HI/c1-3-20-19(22-14-16-8-4-5-10-18(16)23-2)21-11-7-12-24-15-17-9-6-13-25-17;/h4-5,8,10,17H,3,6-7,9,11-15H2,1-2H3,(H2,20,21,22);1H. The number of hydrogen-bond acceptors (Lipinski definition) is 4. The lowest BCUT2D eigenvalue weighted by Crippen LogP contribution is -2.38. The summed E-state index contributed by atoms with van der Waals surface area (Å²) >= 11 is 0. The van der Waals surface area contributed by atoms with Crippen molar-refractivity contribution < 1.29 is 14.2 Å². The number of guanidine groups is 1. The van der Waals surface area contributed by atoms with Gasteiger partial charge in [0, 0.05) is 31.9 Å². The van der Waals surface area contributed by atoms with E-state index in [1.807, 2.05) is 24.3 Å². The van der Waals surface area contributed by atoms with Gasteiger partial charge < -0.3 is 24.8 Å². The van der Waals surface area contributed by atoms with Crippen LogP contribution in [0.25, 0.3) is 0 Å². The Morgan fingerprint density at radius 1 is 1.31 bits per heavy atom. The number of aliphatic imine (C=N–C) groups is 1. The molecule has 1 fully saturated rings. The summed E-state index contributed by atoms with van der Waals surface area (Å²) < 4.78 is 16.6. The SMILES string of the molecule is CCNC(=NCc1ccccc1OC)NCCCOCC1CCCO1.I. The van der Waals surface area contributed by atoms with Crippen LogP contribution in [0.4, 0.5) is 0 Å². The van der Waals surface area contributed by atoms with Crippen LogP contribution in [0.15, 0.2) is 29.3 Å². The minimum atomic E-state index is 0. The average Bonchev–Trinajstić information content (AvgIpc) is 3.16. The second-order valence-corrected chi connectivity index (χ2v) is 6.00. The summed E-state index contributed by atoms with van der Waals surface area (Å²) in [4.78, 5) is 4.63. The minimum absolute atomic E-state index is 0. The van der Waals surface area contributed by atoms with E-state index < -0.39 is 0 Å². The molecule has 0 aliphatic carbocycles. The Morgan fingerprint density at radius 3 is 2.88 bits per heavy atom. The van der Waals surface area contributed by atoms with Gasteiger partial charge in [0.1, 0.15) is 5.75 Å². The predicted molar refractivity (Wildman–Crippen MR) is 116 cm³/mol. The van der Waals surface area contributed by atoms with E-state index in [2.05, 4.69) is 22.5 Å². The van der Waals surface area contributed by atoms with Crippen LogP contribution in [0.5, 0.6) is 5.75 Å². The monoisotopic (exact) mass is 477 g/mol. The molecule has 1 heterocycles. The number of rotatable bonds is 10. The quantitative estimate of drug-likeness (QED) is 0.235. The Hall–Kier alpha value is -1.06. The molecule has 1 saturated heterocycles. The van der Waals surface area contributed by atoms with E-state index in [0.717, 1.165) is 62.8 Å². The van der Waals surface area contributed by atoms with Crippen molar-refractivity contribution in [1.82, 2.24) is 10.6 Å². The highest BCUT2D eigenvalue weighted by Crippen LogP contribution is 2.17. The van der Waals surface area contributed by atoms with Gasteiger partial charge in [-0.3, -0.25) is 0 Å². The molecule has 0 bridgehead atoms. The van der Waals surface area contributed by atoms with E-state index in [1.54, 1.807) is 7.11 Å². The van der Waals surface area contributed by atoms with Crippen LogP contribution in [0.1, 0.15) is 31.7 Å². The van der Waals surface area contributed by atoms with Crippen LogP contribution < -0.4 is 15.4 Å². The fourth-order valence-corrected chi connectivity index (χ4v) is 2.71. The molecular formula is C19H32IN3O3. The lowest BCUT2D eigenvalue weighted by Gasteiger charge is -2.13. The molecule has 0 radical (unpaired) electrons. The largest absolute Gasteiger partial charge is 0.496 e. The first-order valence-corrected chi connectivity index (χ1v) is 9.17. The third-order valence-electron chi connectivity index (χ3n) is 4.03. The highest BCUT2D eigenvalue weighted by atomic mass is 127. The normalized spacial score (nSPS) is 16.8. The van der Waals surface area contributed by atoms with Crippen LogP contribution in [-0.4, -0.2) is 52.1 Å². The van der Waals surface area contributed by atoms with Crippen molar-refractivity contribution in [2.45, 2.75) is 38.8 Å². The molecule has 1 aromatic rings. The van der Waals surface area contributed by atoms with Gasteiger partial charge >= 0.3 is 0 Å². The summed E-state index contributed by atoms with van der Waals surface area (Å²) in [5, 5.41) is 6.61. The number of ether oxygens (including phenoxy) is 3. The molecule has 7 heteroatoms. The first kappa shape index (κ1) is 23.0. The van der Waals surface area contributed by atoms with Crippen LogP contribution in [0, 0.1) is 0 Å². The van der Waals surface area contributed by atoms with Crippen molar-refractivity contribution in [3.8, 4) is 5.75 Å². The van der Waals surface area contributed by atoms with Crippen molar-refractivity contribution in [2.24, 2.45) is 4.99 Å². The summed E-state index contributed by atoms with van der Waals surface area (Å²) in [7, 11) is 1.68. The van der Waals surface area contributed by atoms with Gasteiger partial charge in [-0.25, -0.2) is 4.99 Å². The highest BCUT2D eigenvalue weighted by Gasteiger charge is 2.14. The van der Waals surface area contributed by atoms with Crippen LogP contribution in [0.3, 0.4) is 0 Å². The first-order chi connectivity index (χ1) is 12.3. The number of methoxy groups -OCH3 is 1. The summed E-state index contributed by atoms with van der Waals surface area (Å²) in [5.41, 5.74) is 1.07. The number of para-hydroxylation sites is 1. The zero-order valence-corrected chi connectivity index (χ0v) is 18.2. The van der Waals surface area contributed by atoms with Crippen molar-refractivity contribution >= 4 is 29.9 Å². The van der Waals surface area contributed by atoms with Gasteiger partial charge in [-0.15, -0.1) is 24.0 Å². The van der Waals surface area contributed by atoms with E-state index in [4.69, 9.17) is 14.2 Å². The minimum Gasteiger partial charge on any atom is -0.496 e. The van der Waals surface area contributed by atoms with Crippen LogP contribution in [-0.2, 0) is 16.0 Å². The third-order valence-corrected chi connectivity index (χ3v) is 4.03. The first-order valence-electron chi connectivity index (χ1n) is 9.17. The number of nitrogens with one attached hydrogen (secondary N) is 2. The van der Waals surface area contributed by atoms with Crippen molar-refractivity contribution in [2.75, 3.05) is 40.0 Å². The van der Waals surface area contributed by atoms with Crippen LogP contribution >= 0.6 is 24.0 Å². The molecule has 1 aliphatic heterocycles. The fraction of sp³-hybridized carbons (Fsp3) is 0.632. The fourth-order valence-electron chi connectivity index (χ4n) is 2.71. The van der Waals surface area contributed by atoms with Gasteiger partial charge in [0.25, 0.3) is 0 Å². The van der Waals surface area contributed by atoms with Gasteiger partial charge in [0.15, 0.2) is 5.96 Å². The van der Waals surface area contributed by atoms with Gasteiger partial charge in [-0.2, -0.15) is 0 Å². The molecule has 0 aromatic heterocycles. The zero-order chi connectivity index (χ0) is 17.7. The molecule has 1 atom stereocenters. The Labute approximate surface area is 174 Å².